The highest BCUT2D eigenvalue weighted by atomic mass is 127. The molecule has 0 amide bonds. The molecule has 0 aliphatic rings. The van der Waals surface area contributed by atoms with Crippen LogP contribution in [0.5, 0.6) is 0 Å². The van der Waals surface area contributed by atoms with Crippen LogP contribution in [0.25, 0.3) is 10.8 Å². The number of hydrogen-bond acceptors (Lipinski definition) is 1. The lowest BCUT2D eigenvalue weighted by molar-refractivity contribution is 0.623. The highest BCUT2D eigenvalue weighted by Crippen LogP contribution is 2.16. The van der Waals surface area contributed by atoms with E-state index in [9.17, 15) is 9.18 Å². The van der Waals surface area contributed by atoms with Crippen LogP contribution in [0.1, 0.15) is 0 Å². The predicted molar refractivity (Wildman–Crippen MR) is 57.2 cm³/mol. The van der Waals surface area contributed by atoms with Gasteiger partial charge in [0.15, 0.2) is 5.82 Å². The monoisotopic (exact) mass is 289 g/mol. The van der Waals surface area contributed by atoms with Crippen molar-refractivity contribution in [2.45, 2.75) is 0 Å². The Morgan fingerprint density at radius 1 is 1.23 bits per heavy atom. The van der Waals surface area contributed by atoms with E-state index in [0.717, 1.165) is 0 Å². The lowest BCUT2D eigenvalue weighted by Crippen LogP contribution is -2.09. The predicted octanol–water partition coefficient (Wildman–Crippen LogP) is 2.27. The van der Waals surface area contributed by atoms with Crippen molar-refractivity contribution in [3.63, 3.8) is 0 Å². The van der Waals surface area contributed by atoms with E-state index in [2.05, 4.69) is 4.98 Å². The van der Waals surface area contributed by atoms with Crippen LogP contribution in [0.2, 0.25) is 0 Å². The van der Waals surface area contributed by atoms with Gasteiger partial charge in [0.1, 0.15) is 3.70 Å². The maximum Gasteiger partial charge on any atom is 0.256 e. The van der Waals surface area contributed by atoms with Gasteiger partial charge < -0.3 is 4.98 Å². The number of halogens is 2. The SMILES string of the molecule is O=c1[nH]c(I)c(F)c2ccccc12. The number of aromatic amines is 1. The maximum absolute atomic E-state index is 13.4. The Labute approximate surface area is 86.9 Å². The number of benzene rings is 1. The molecule has 0 bridgehead atoms. The molecule has 0 aliphatic carbocycles. The van der Waals surface area contributed by atoms with Gasteiger partial charge in [0, 0.05) is 10.8 Å². The van der Waals surface area contributed by atoms with E-state index >= 15 is 0 Å². The third-order valence-electron chi connectivity index (χ3n) is 1.82. The number of pyridine rings is 1. The number of hydrogen-bond donors (Lipinski definition) is 1. The van der Waals surface area contributed by atoms with Crippen LogP contribution in [0.3, 0.4) is 0 Å². The summed E-state index contributed by atoms with van der Waals surface area (Å²) >= 11 is 1.77. The first kappa shape index (κ1) is 8.68. The molecule has 1 aromatic heterocycles. The van der Waals surface area contributed by atoms with Gasteiger partial charge in [0.2, 0.25) is 0 Å². The molecule has 0 fully saturated rings. The van der Waals surface area contributed by atoms with Crippen molar-refractivity contribution in [3.8, 4) is 0 Å². The molecule has 13 heavy (non-hydrogen) atoms. The summed E-state index contributed by atoms with van der Waals surface area (Å²) in [5.74, 6) is -0.365. The van der Waals surface area contributed by atoms with E-state index in [-0.39, 0.29) is 15.1 Å². The van der Waals surface area contributed by atoms with E-state index in [0.29, 0.717) is 10.8 Å². The number of rotatable bonds is 0. The minimum Gasteiger partial charge on any atom is -0.314 e. The van der Waals surface area contributed by atoms with Crippen LogP contribution in [-0.2, 0) is 0 Å². The van der Waals surface area contributed by atoms with Crippen molar-refractivity contribution in [1.29, 1.82) is 0 Å². The van der Waals surface area contributed by atoms with Crippen LogP contribution < -0.4 is 5.56 Å². The van der Waals surface area contributed by atoms with Gasteiger partial charge in [0.25, 0.3) is 5.56 Å². The molecule has 2 rings (SSSR count). The molecule has 0 saturated heterocycles. The van der Waals surface area contributed by atoms with Gasteiger partial charge in [0.05, 0.1) is 0 Å². The van der Waals surface area contributed by atoms with Gasteiger partial charge in [-0.3, -0.25) is 4.79 Å². The smallest absolute Gasteiger partial charge is 0.256 e. The lowest BCUT2D eigenvalue weighted by atomic mass is 10.2. The van der Waals surface area contributed by atoms with Crippen LogP contribution in [0, 0.1) is 9.52 Å². The Morgan fingerprint density at radius 2 is 1.85 bits per heavy atom. The molecule has 0 saturated carbocycles. The fourth-order valence-electron chi connectivity index (χ4n) is 1.21. The van der Waals surface area contributed by atoms with Crippen LogP contribution in [0.4, 0.5) is 4.39 Å². The minimum atomic E-state index is -0.365. The molecule has 1 N–H and O–H groups in total. The van der Waals surface area contributed by atoms with Crippen molar-refractivity contribution in [1.82, 2.24) is 4.98 Å². The first-order chi connectivity index (χ1) is 6.20. The zero-order valence-corrected chi connectivity index (χ0v) is 8.63. The van der Waals surface area contributed by atoms with Crippen molar-refractivity contribution >= 4 is 33.4 Å². The molecular formula is C9H5FINO. The molecule has 66 valence electrons. The summed E-state index contributed by atoms with van der Waals surface area (Å²) in [6.45, 7) is 0. The van der Waals surface area contributed by atoms with Gasteiger partial charge in [-0.25, -0.2) is 4.39 Å². The van der Waals surface area contributed by atoms with E-state index in [4.69, 9.17) is 0 Å². The average Bonchev–Trinajstić information content (AvgIpc) is 2.15. The quantitative estimate of drug-likeness (QED) is 0.585. The molecule has 0 atom stereocenters. The van der Waals surface area contributed by atoms with Crippen LogP contribution in [0.15, 0.2) is 29.1 Å². The summed E-state index contributed by atoms with van der Waals surface area (Å²) in [7, 11) is 0. The van der Waals surface area contributed by atoms with Crippen LogP contribution >= 0.6 is 22.6 Å². The van der Waals surface area contributed by atoms with E-state index in [1.807, 2.05) is 0 Å². The van der Waals surface area contributed by atoms with Gasteiger partial charge in [-0.2, -0.15) is 0 Å². The average molecular weight is 289 g/mol. The van der Waals surface area contributed by atoms with Gasteiger partial charge in [-0.15, -0.1) is 0 Å². The normalized spacial score (nSPS) is 10.6. The maximum atomic E-state index is 13.4. The summed E-state index contributed by atoms with van der Waals surface area (Å²) in [5, 5.41) is 0.760. The fourth-order valence-corrected chi connectivity index (χ4v) is 1.75. The Balaban J connectivity index is 3.06. The molecule has 0 aliphatic heterocycles. The van der Waals surface area contributed by atoms with E-state index in [1.165, 1.54) is 0 Å². The van der Waals surface area contributed by atoms with Crippen molar-refractivity contribution in [3.05, 3.63) is 44.1 Å². The Hall–Kier alpha value is -0.910. The standard InChI is InChI=1S/C9H5FINO/c10-7-5-3-1-2-4-6(5)9(13)12-8(7)11/h1-4H,(H,12,13). The summed E-state index contributed by atoms with van der Waals surface area (Å²) in [4.78, 5) is 13.8. The van der Waals surface area contributed by atoms with Crippen molar-refractivity contribution < 1.29 is 4.39 Å². The topological polar surface area (TPSA) is 32.9 Å². The van der Waals surface area contributed by atoms with E-state index < -0.39 is 0 Å². The summed E-state index contributed by atoms with van der Waals surface area (Å²) in [5.41, 5.74) is -0.249. The lowest BCUT2D eigenvalue weighted by Gasteiger charge is -1.99. The van der Waals surface area contributed by atoms with Crippen LogP contribution in [-0.4, -0.2) is 4.98 Å². The molecule has 0 radical (unpaired) electrons. The molecule has 4 heteroatoms. The van der Waals surface area contributed by atoms with Crippen molar-refractivity contribution in [2.75, 3.05) is 0 Å². The molecule has 0 spiro atoms. The second kappa shape index (κ2) is 3.10. The number of fused-ring (bicyclic) bond motifs is 1. The van der Waals surface area contributed by atoms with E-state index in [1.54, 1.807) is 46.9 Å². The number of nitrogens with one attached hydrogen (secondary N) is 1. The molecule has 1 heterocycles. The number of H-pyrrole nitrogens is 1. The summed E-state index contributed by atoms with van der Waals surface area (Å²) in [6, 6.07) is 6.63. The van der Waals surface area contributed by atoms with Gasteiger partial charge >= 0.3 is 0 Å². The third kappa shape index (κ3) is 1.35. The number of aromatic nitrogens is 1. The molecule has 2 nitrogen and oxygen atoms in total. The second-order valence-corrected chi connectivity index (χ2v) is 3.71. The van der Waals surface area contributed by atoms with Gasteiger partial charge in [-0.05, 0) is 28.7 Å². The molecular weight excluding hydrogens is 284 g/mol. The Morgan fingerprint density at radius 3 is 2.54 bits per heavy atom. The van der Waals surface area contributed by atoms with Crippen molar-refractivity contribution in [2.24, 2.45) is 0 Å². The molecule has 2 aromatic rings. The zero-order valence-electron chi connectivity index (χ0n) is 6.47. The zero-order chi connectivity index (χ0) is 9.42. The second-order valence-electron chi connectivity index (χ2n) is 2.63. The highest BCUT2D eigenvalue weighted by Gasteiger charge is 2.07. The molecule has 0 unspecified atom stereocenters. The third-order valence-corrected chi connectivity index (χ3v) is 2.57. The Kier molecular flexibility index (Phi) is 2.07. The Bertz CT molecular complexity index is 520. The highest BCUT2D eigenvalue weighted by molar-refractivity contribution is 14.1. The molecule has 1 aromatic carbocycles. The van der Waals surface area contributed by atoms with Gasteiger partial charge in [-0.1, -0.05) is 18.2 Å². The first-order valence-electron chi connectivity index (χ1n) is 3.66. The summed E-state index contributed by atoms with van der Waals surface area (Å²) < 4.78 is 13.7. The first-order valence-corrected chi connectivity index (χ1v) is 4.74. The largest absolute Gasteiger partial charge is 0.314 e. The fraction of sp³-hybridized carbons (Fsp3) is 0. The minimum absolute atomic E-state index is 0.249. The summed E-state index contributed by atoms with van der Waals surface area (Å²) in [6.07, 6.45) is 0.